The average molecular weight is 316 g/mol. The SMILES string of the molecule is COc1cccc(/C=C/C=C/C(=O)OC(=O)N2CCNCC2)c1. The number of nitrogens with zero attached hydrogens (tertiary/aromatic N) is 1. The zero-order valence-corrected chi connectivity index (χ0v) is 13.0. The molecule has 1 aromatic rings. The number of methoxy groups -OCH3 is 1. The molecule has 0 radical (unpaired) electrons. The summed E-state index contributed by atoms with van der Waals surface area (Å²) in [6.07, 6.45) is 5.68. The lowest BCUT2D eigenvalue weighted by Crippen LogP contribution is -2.46. The Labute approximate surface area is 135 Å². The zero-order chi connectivity index (χ0) is 16.5. The minimum Gasteiger partial charge on any atom is -0.497 e. The van der Waals surface area contributed by atoms with Crippen LogP contribution in [0.25, 0.3) is 6.08 Å². The van der Waals surface area contributed by atoms with Crippen LogP contribution in [0, 0.1) is 0 Å². The first-order valence-electron chi connectivity index (χ1n) is 7.39. The summed E-state index contributed by atoms with van der Waals surface area (Å²) in [6.45, 7) is 2.52. The first-order valence-corrected chi connectivity index (χ1v) is 7.39. The highest BCUT2D eigenvalue weighted by Crippen LogP contribution is 2.13. The fourth-order valence-electron chi connectivity index (χ4n) is 2.08. The van der Waals surface area contributed by atoms with Gasteiger partial charge in [-0.25, -0.2) is 9.59 Å². The Kier molecular flexibility index (Phi) is 6.38. The van der Waals surface area contributed by atoms with E-state index in [9.17, 15) is 9.59 Å². The Hall–Kier alpha value is -2.60. The van der Waals surface area contributed by atoms with Gasteiger partial charge in [0.1, 0.15) is 5.75 Å². The van der Waals surface area contributed by atoms with E-state index in [1.165, 1.54) is 17.1 Å². The Balaban J connectivity index is 1.81. The normalized spacial score (nSPS) is 15.1. The predicted molar refractivity (Wildman–Crippen MR) is 87.1 cm³/mol. The van der Waals surface area contributed by atoms with E-state index in [1.807, 2.05) is 30.3 Å². The molecule has 1 aliphatic rings. The molecule has 0 spiro atoms. The number of esters is 1. The van der Waals surface area contributed by atoms with Gasteiger partial charge in [-0.2, -0.15) is 0 Å². The topological polar surface area (TPSA) is 67.9 Å². The molecular weight excluding hydrogens is 296 g/mol. The van der Waals surface area contributed by atoms with Crippen molar-refractivity contribution < 1.29 is 19.1 Å². The Morgan fingerprint density at radius 2 is 2.00 bits per heavy atom. The molecule has 1 fully saturated rings. The van der Waals surface area contributed by atoms with E-state index in [4.69, 9.17) is 9.47 Å². The number of nitrogens with one attached hydrogen (secondary N) is 1. The average Bonchev–Trinajstić information content (AvgIpc) is 2.59. The molecule has 23 heavy (non-hydrogen) atoms. The third-order valence-electron chi connectivity index (χ3n) is 3.29. The summed E-state index contributed by atoms with van der Waals surface area (Å²) in [5.41, 5.74) is 0.944. The van der Waals surface area contributed by atoms with Crippen molar-refractivity contribution in [3.8, 4) is 5.75 Å². The van der Waals surface area contributed by atoms with Crippen molar-refractivity contribution >= 4 is 18.1 Å². The smallest absolute Gasteiger partial charge is 0.417 e. The van der Waals surface area contributed by atoms with Gasteiger partial charge < -0.3 is 19.7 Å². The van der Waals surface area contributed by atoms with Gasteiger partial charge in [-0.1, -0.05) is 30.4 Å². The van der Waals surface area contributed by atoms with Gasteiger partial charge in [0, 0.05) is 32.3 Å². The molecule has 0 bridgehead atoms. The van der Waals surface area contributed by atoms with Crippen molar-refractivity contribution in [3.05, 3.63) is 48.1 Å². The number of benzene rings is 1. The van der Waals surface area contributed by atoms with Crippen molar-refractivity contribution in [2.45, 2.75) is 0 Å². The summed E-state index contributed by atoms with van der Waals surface area (Å²) < 4.78 is 9.89. The summed E-state index contributed by atoms with van der Waals surface area (Å²) in [7, 11) is 1.61. The van der Waals surface area contributed by atoms with Crippen LogP contribution < -0.4 is 10.1 Å². The Morgan fingerprint density at radius 1 is 1.22 bits per heavy atom. The van der Waals surface area contributed by atoms with E-state index in [2.05, 4.69) is 5.32 Å². The van der Waals surface area contributed by atoms with Crippen molar-refractivity contribution in [2.24, 2.45) is 0 Å². The number of rotatable bonds is 4. The maximum Gasteiger partial charge on any atom is 0.417 e. The van der Waals surface area contributed by atoms with Gasteiger partial charge in [0.15, 0.2) is 0 Å². The maximum absolute atomic E-state index is 11.7. The molecule has 1 aliphatic heterocycles. The molecule has 6 heteroatoms. The van der Waals surface area contributed by atoms with E-state index in [0.717, 1.165) is 11.3 Å². The third kappa shape index (κ3) is 5.60. The van der Waals surface area contributed by atoms with Crippen molar-refractivity contribution in [1.82, 2.24) is 10.2 Å². The first-order chi connectivity index (χ1) is 11.2. The highest BCUT2D eigenvalue weighted by atomic mass is 16.6. The number of allylic oxidation sites excluding steroid dienone is 2. The largest absolute Gasteiger partial charge is 0.497 e. The summed E-state index contributed by atoms with van der Waals surface area (Å²) in [5.74, 6) is 0.0842. The second-order valence-corrected chi connectivity index (χ2v) is 4.92. The molecule has 0 unspecified atom stereocenters. The van der Waals surface area contributed by atoms with E-state index in [0.29, 0.717) is 26.2 Å². The van der Waals surface area contributed by atoms with E-state index in [1.54, 1.807) is 13.2 Å². The fourth-order valence-corrected chi connectivity index (χ4v) is 2.08. The molecule has 1 N–H and O–H groups in total. The quantitative estimate of drug-likeness (QED) is 0.397. The van der Waals surface area contributed by atoms with Crippen molar-refractivity contribution in [2.75, 3.05) is 33.3 Å². The fraction of sp³-hybridized carbons (Fsp3) is 0.294. The molecule has 0 atom stereocenters. The number of amides is 1. The maximum atomic E-state index is 11.7. The number of hydrogen-bond acceptors (Lipinski definition) is 5. The lowest BCUT2D eigenvalue weighted by Gasteiger charge is -2.25. The molecular formula is C17H20N2O4. The molecule has 2 rings (SSSR count). The van der Waals surface area contributed by atoms with Gasteiger partial charge in [0.25, 0.3) is 0 Å². The van der Waals surface area contributed by atoms with E-state index >= 15 is 0 Å². The number of carbonyl (C=O) groups excluding carboxylic acids is 2. The van der Waals surface area contributed by atoms with E-state index in [-0.39, 0.29) is 0 Å². The van der Waals surface area contributed by atoms with Gasteiger partial charge in [0.05, 0.1) is 7.11 Å². The molecule has 1 saturated heterocycles. The van der Waals surface area contributed by atoms with Crippen LogP contribution in [0.2, 0.25) is 0 Å². The van der Waals surface area contributed by atoms with Crippen LogP contribution in [-0.2, 0) is 9.53 Å². The summed E-state index contributed by atoms with van der Waals surface area (Å²) in [6, 6.07) is 7.52. The molecule has 1 aromatic carbocycles. The molecule has 0 aromatic heterocycles. The minimum absolute atomic E-state index is 0.547. The monoisotopic (exact) mass is 316 g/mol. The van der Waals surface area contributed by atoms with Crippen molar-refractivity contribution in [3.63, 3.8) is 0 Å². The second-order valence-electron chi connectivity index (χ2n) is 4.92. The van der Waals surface area contributed by atoms with Gasteiger partial charge in [-0.15, -0.1) is 0 Å². The van der Waals surface area contributed by atoms with Gasteiger partial charge in [0.2, 0.25) is 0 Å². The Morgan fingerprint density at radius 3 is 2.74 bits per heavy atom. The number of hydrogen-bond donors (Lipinski definition) is 1. The van der Waals surface area contributed by atoms with Crippen molar-refractivity contribution in [1.29, 1.82) is 0 Å². The molecule has 0 aliphatic carbocycles. The van der Waals surface area contributed by atoms with Crippen LogP contribution in [-0.4, -0.2) is 50.3 Å². The standard InChI is InChI=1S/C17H20N2O4/c1-22-15-7-4-6-14(13-15)5-2-3-8-16(20)23-17(21)19-11-9-18-10-12-19/h2-8,13,18H,9-12H2,1H3/b5-2+,8-3+. The van der Waals surface area contributed by atoms with Gasteiger partial charge >= 0.3 is 12.1 Å². The summed E-state index contributed by atoms with van der Waals surface area (Å²) in [4.78, 5) is 24.8. The second kappa shape index (κ2) is 8.75. The molecule has 1 amide bonds. The van der Waals surface area contributed by atoms with Gasteiger partial charge in [-0.3, -0.25) is 0 Å². The molecule has 1 heterocycles. The summed E-state index contributed by atoms with van der Waals surface area (Å²) >= 11 is 0. The minimum atomic E-state index is -0.677. The zero-order valence-electron chi connectivity index (χ0n) is 13.0. The Bertz CT molecular complexity index is 604. The molecule has 6 nitrogen and oxygen atoms in total. The van der Waals surface area contributed by atoms with Crippen LogP contribution in [0.15, 0.2) is 42.5 Å². The first kappa shape index (κ1) is 16.8. The predicted octanol–water partition coefficient (Wildman–Crippen LogP) is 1.83. The lowest BCUT2D eigenvalue weighted by molar-refractivity contribution is -0.132. The molecule has 122 valence electrons. The number of ether oxygens (including phenoxy) is 2. The highest BCUT2D eigenvalue weighted by Gasteiger charge is 2.19. The summed E-state index contributed by atoms with van der Waals surface area (Å²) in [5, 5.41) is 3.12. The van der Waals surface area contributed by atoms with Crippen LogP contribution >= 0.6 is 0 Å². The van der Waals surface area contributed by atoms with Crippen LogP contribution in [0.3, 0.4) is 0 Å². The van der Waals surface area contributed by atoms with Crippen LogP contribution in [0.5, 0.6) is 5.75 Å². The van der Waals surface area contributed by atoms with E-state index < -0.39 is 12.1 Å². The lowest BCUT2D eigenvalue weighted by atomic mass is 10.2. The molecule has 0 saturated carbocycles. The highest BCUT2D eigenvalue weighted by molar-refractivity contribution is 5.91. The van der Waals surface area contributed by atoms with Gasteiger partial charge in [-0.05, 0) is 17.7 Å². The van der Waals surface area contributed by atoms with Crippen LogP contribution in [0.1, 0.15) is 5.56 Å². The number of carbonyl (C=O) groups is 2. The third-order valence-corrected chi connectivity index (χ3v) is 3.29. The van der Waals surface area contributed by atoms with Crippen LogP contribution in [0.4, 0.5) is 4.79 Å². The number of piperazine rings is 1.